The number of rotatable bonds is 4. The Bertz CT molecular complexity index is 644. The predicted molar refractivity (Wildman–Crippen MR) is 79.6 cm³/mol. The highest BCUT2D eigenvalue weighted by Gasteiger charge is 2.23. The number of ether oxygens (including phenoxy) is 1. The van der Waals surface area contributed by atoms with Crippen LogP contribution in [0.1, 0.15) is 20.8 Å². The summed E-state index contributed by atoms with van der Waals surface area (Å²) in [7, 11) is 1.61. The van der Waals surface area contributed by atoms with Gasteiger partial charge in [0.2, 0.25) is 0 Å². The molecule has 0 radical (unpaired) electrons. The minimum atomic E-state index is -0.852. The predicted octanol–water partition coefficient (Wildman–Crippen LogP) is 2.98. The minimum Gasteiger partial charge on any atom is -0.494 e. The summed E-state index contributed by atoms with van der Waals surface area (Å²) in [5.74, 6) is -0.168. The number of benzene rings is 1. The van der Waals surface area contributed by atoms with E-state index in [4.69, 9.17) is 9.84 Å². The van der Waals surface area contributed by atoms with E-state index >= 15 is 0 Å². The molecule has 0 spiro atoms. The summed E-state index contributed by atoms with van der Waals surface area (Å²) in [6, 6.07) is 5.74. The van der Waals surface area contributed by atoms with Crippen LogP contribution in [0, 0.1) is 0 Å². The number of carbonyl (C=O) groups is 1. The number of hydrogen-bond acceptors (Lipinski definition) is 4. The molecule has 0 aliphatic heterocycles. The standard InChI is InChI=1S/C14H18N2O3S/c1-14(2,3)16-9-6-5-7-10(19-4)12(9)15-13(16)20-8-11(17)18/h5-7H,8H2,1-4H3,(H,17,18). The summed E-state index contributed by atoms with van der Waals surface area (Å²) in [5, 5.41) is 9.56. The Balaban J connectivity index is 2.63. The molecule has 0 aliphatic carbocycles. The van der Waals surface area contributed by atoms with Gasteiger partial charge in [0.15, 0.2) is 5.16 Å². The SMILES string of the molecule is COc1cccc2c1nc(SCC(=O)O)n2C(C)(C)C. The normalized spacial score (nSPS) is 11.8. The van der Waals surface area contributed by atoms with Gasteiger partial charge in [-0.1, -0.05) is 17.8 Å². The van der Waals surface area contributed by atoms with Crippen LogP contribution in [0.15, 0.2) is 23.4 Å². The molecule has 0 amide bonds. The molecule has 0 aliphatic rings. The zero-order chi connectivity index (χ0) is 14.9. The number of aromatic nitrogens is 2. The summed E-state index contributed by atoms with van der Waals surface area (Å²) < 4.78 is 7.39. The second-order valence-corrected chi connectivity index (χ2v) is 6.35. The number of methoxy groups -OCH3 is 1. The Morgan fingerprint density at radius 1 is 1.45 bits per heavy atom. The summed E-state index contributed by atoms with van der Waals surface area (Å²) in [4.78, 5) is 15.3. The first-order valence-corrected chi connectivity index (χ1v) is 7.23. The molecule has 6 heteroatoms. The van der Waals surface area contributed by atoms with Gasteiger partial charge in [0.05, 0.1) is 18.4 Å². The highest BCUT2D eigenvalue weighted by molar-refractivity contribution is 7.99. The molecular formula is C14H18N2O3S. The van der Waals surface area contributed by atoms with Crippen molar-refractivity contribution in [3.8, 4) is 5.75 Å². The van der Waals surface area contributed by atoms with Gasteiger partial charge in [-0.3, -0.25) is 4.79 Å². The summed E-state index contributed by atoms with van der Waals surface area (Å²) >= 11 is 1.22. The lowest BCUT2D eigenvalue weighted by Crippen LogP contribution is -2.22. The van der Waals surface area contributed by atoms with Gasteiger partial charge < -0.3 is 14.4 Å². The number of carboxylic acids is 1. The van der Waals surface area contributed by atoms with Crippen LogP contribution in [0.3, 0.4) is 0 Å². The Morgan fingerprint density at radius 2 is 2.15 bits per heavy atom. The van der Waals surface area contributed by atoms with Crippen molar-refractivity contribution in [2.24, 2.45) is 0 Å². The fourth-order valence-electron chi connectivity index (χ4n) is 2.09. The molecule has 0 saturated carbocycles. The van der Waals surface area contributed by atoms with Crippen LogP contribution >= 0.6 is 11.8 Å². The van der Waals surface area contributed by atoms with Gasteiger partial charge in [-0.2, -0.15) is 0 Å². The van der Waals surface area contributed by atoms with Gasteiger partial charge >= 0.3 is 5.97 Å². The molecular weight excluding hydrogens is 276 g/mol. The number of thioether (sulfide) groups is 1. The van der Waals surface area contributed by atoms with E-state index in [9.17, 15) is 4.79 Å². The largest absolute Gasteiger partial charge is 0.494 e. The molecule has 1 aromatic heterocycles. The Hall–Kier alpha value is -1.69. The molecule has 5 nitrogen and oxygen atoms in total. The van der Waals surface area contributed by atoms with E-state index in [-0.39, 0.29) is 11.3 Å². The van der Waals surface area contributed by atoms with E-state index in [1.165, 1.54) is 11.8 Å². The number of hydrogen-bond donors (Lipinski definition) is 1. The first-order chi connectivity index (χ1) is 9.34. The van der Waals surface area contributed by atoms with E-state index < -0.39 is 5.97 Å². The zero-order valence-electron chi connectivity index (χ0n) is 12.0. The molecule has 1 N–H and O–H groups in total. The summed E-state index contributed by atoms with van der Waals surface area (Å²) in [6.45, 7) is 6.20. The fourth-order valence-corrected chi connectivity index (χ4v) is 3.00. The van der Waals surface area contributed by atoms with Crippen molar-refractivity contribution in [3.63, 3.8) is 0 Å². The van der Waals surface area contributed by atoms with Crippen LogP contribution < -0.4 is 4.74 Å². The lowest BCUT2D eigenvalue weighted by Gasteiger charge is -2.24. The van der Waals surface area contributed by atoms with Crippen molar-refractivity contribution in [2.45, 2.75) is 31.5 Å². The Morgan fingerprint density at radius 3 is 2.70 bits per heavy atom. The maximum Gasteiger partial charge on any atom is 0.313 e. The number of para-hydroxylation sites is 1. The lowest BCUT2D eigenvalue weighted by atomic mass is 10.1. The van der Waals surface area contributed by atoms with Crippen molar-refractivity contribution in [1.29, 1.82) is 0 Å². The van der Waals surface area contributed by atoms with E-state index in [2.05, 4.69) is 30.3 Å². The van der Waals surface area contributed by atoms with Gasteiger partial charge in [-0.15, -0.1) is 0 Å². The number of aliphatic carboxylic acids is 1. The molecule has 0 atom stereocenters. The van der Waals surface area contributed by atoms with Gasteiger partial charge in [0.1, 0.15) is 11.3 Å². The van der Waals surface area contributed by atoms with Gasteiger partial charge in [0, 0.05) is 5.54 Å². The molecule has 0 bridgehead atoms. The average Bonchev–Trinajstić information content (AvgIpc) is 2.74. The van der Waals surface area contributed by atoms with Crippen LogP contribution in [0.5, 0.6) is 5.75 Å². The second-order valence-electron chi connectivity index (χ2n) is 5.41. The first-order valence-electron chi connectivity index (χ1n) is 6.25. The fraction of sp³-hybridized carbons (Fsp3) is 0.429. The molecule has 0 saturated heterocycles. The summed E-state index contributed by atoms with van der Waals surface area (Å²) in [5.41, 5.74) is 1.52. The van der Waals surface area contributed by atoms with E-state index in [0.717, 1.165) is 11.0 Å². The van der Waals surface area contributed by atoms with Crippen LogP contribution in [-0.4, -0.2) is 33.5 Å². The van der Waals surface area contributed by atoms with Gasteiger partial charge in [-0.25, -0.2) is 4.98 Å². The van der Waals surface area contributed by atoms with Crippen LogP contribution in [0.25, 0.3) is 11.0 Å². The van der Waals surface area contributed by atoms with Crippen molar-refractivity contribution < 1.29 is 14.6 Å². The maximum absolute atomic E-state index is 10.8. The first kappa shape index (κ1) is 14.7. The Kier molecular flexibility index (Phi) is 3.94. The average molecular weight is 294 g/mol. The maximum atomic E-state index is 10.8. The molecule has 1 heterocycles. The molecule has 108 valence electrons. The Labute approximate surface area is 121 Å². The van der Waals surface area contributed by atoms with Crippen molar-refractivity contribution in [2.75, 3.05) is 12.9 Å². The van der Waals surface area contributed by atoms with E-state index in [1.54, 1.807) is 7.11 Å². The van der Waals surface area contributed by atoms with Crippen LogP contribution in [-0.2, 0) is 10.3 Å². The molecule has 1 aromatic carbocycles. The van der Waals surface area contributed by atoms with Gasteiger partial charge in [-0.05, 0) is 32.9 Å². The quantitative estimate of drug-likeness (QED) is 0.878. The second kappa shape index (κ2) is 5.36. The molecule has 0 fully saturated rings. The minimum absolute atomic E-state index is 0.0122. The van der Waals surface area contributed by atoms with E-state index in [0.29, 0.717) is 10.9 Å². The van der Waals surface area contributed by atoms with Crippen LogP contribution in [0.2, 0.25) is 0 Å². The number of fused-ring (bicyclic) bond motifs is 1. The highest BCUT2D eigenvalue weighted by Crippen LogP contribution is 2.34. The summed E-state index contributed by atoms with van der Waals surface area (Å²) in [6.07, 6.45) is 0. The zero-order valence-corrected chi connectivity index (χ0v) is 12.8. The monoisotopic (exact) mass is 294 g/mol. The number of nitrogens with zero attached hydrogens (tertiary/aromatic N) is 2. The lowest BCUT2D eigenvalue weighted by molar-refractivity contribution is -0.133. The van der Waals surface area contributed by atoms with Crippen molar-refractivity contribution in [3.05, 3.63) is 18.2 Å². The highest BCUT2D eigenvalue weighted by atomic mass is 32.2. The number of imidazole rings is 1. The third kappa shape index (κ3) is 2.75. The third-order valence-electron chi connectivity index (χ3n) is 2.83. The van der Waals surface area contributed by atoms with Crippen molar-refractivity contribution in [1.82, 2.24) is 9.55 Å². The topological polar surface area (TPSA) is 64.3 Å². The van der Waals surface area contributed by atoms with Crippen LogP contribution in [0.4, 0.5) is 0 Å². The molecule has 20 heavy (non-hydrogen) atoms. The molecule has 0 unspecified atom stereocenters. The number of carboxylic acid groups (broad SMARTS) is 1. The molecule has 2 aromatic rings. The van der Waals surface area contributed by atoms with Crippen molar-refractivity contribution >= 4 is 28.8 Å². The third-order valence-corrected chi connectivity index (χ3v) is 3.76. The van der Waals surface area contributed by atoms with Gasteiger partial charge in [0.25, 0.3) is 0 Å². The molecule has 2 rings (SSSR count). The smallest absolute Gasteiger partial charge is 0.313 e. The van der Waals surface area contributed by atoms with E-state index in [1.807, 2.05) is 18.2 Å².